The Bertz CT molecular complexity index is 1130. The Balaban J connectivity index is 1.78. The van der Waals surface area contributed by atoms with Crippen LogP contribution in [-0.2, 0) is 19.1 Å². The Labute approximate surface area is 197 Å². The van der Waals surface area contributed by atoms with Gasteiger partial charge in [0.05, 0.1) is 39.5 Å². The lowest BCUT2D eigenvalue weighted by molar-refractivity contribution is -0.907. The summed E-state index contributed by atoms with van der Waals surface area (Å²) in [6, 6.07) is 2.58. The summed E-state index contributed by atoms with van der Waals surface area (Å²) in [5, 5.41) is 13.8. The standard InChI is InChI=1S/C24H28N4O6/c1-14-17(15(2)26-19(14)24(32)33-3)21(29)18-20(16-4-6-25-7-5-16)28(23(31)22(18)30)9-8-27-10-12-34-13-11-27/h4-7,20,26,29H,8-13H2,1-3H3. The van der Waals surface area contributed by atoms with Crippen molar-refractivity contribution in [2.75, 3.05) is 46.5 Å². The minimum Gasteiger partial charge on any atom is -0.872 e. The van der Waals surface area contributed by atoms with Crippen molar-refractivity contribution in [1.82, 2.24) is 14.9 Å². The van der Waals surface area contributed by atoms with Gasteiger partial charge in [0, 0.05) is 23.7 Å². The third kappa shape index (κ3) is 4.22. The van der Waals surface area contributed by atoms with Crippen molar-refractivity contribution in [3.8, 4) is 0 Å². The van der Waals surface area contributed by atoms with E-state index < -0.39 is 29.5 Å². The molecule has 4 rings (SSSR count). The van der Waals surface area contributed by atoms with Crippen LogP contribution in [0.25, 0.3) is 5.76 Å². The van der Waals surface area contributed by atoms with Crippen LogP contribution in [0.1, 0.15) is 38.9 Å². The summed E-state index contributed by atoms with van der Waals surface area (Å²) in [6.45, 7) is 7.18. The summed E-state index contributed by atoms with van der Waals surface area (Å²) in [4.78, 5) is 48.1. The maximum absolute atomic E-state index is 13.8. The van der Waals surface area contributed by atoms with Crippen LogP contribution in [0.3, 0.4) is 0 Å². The number of pyridine rings is 1. The number of likely N-dealkylation sites (tertiary alicyclic amines) is 1. The summed E-state index contributed by atoms with van der Waals surface area (Å²) in [5.41, 5.74) is 1.68. The number of aryl methyl sites for hydroxylation is 1. The molecule has 180 valence electrons. The van der Waals surface area contributed by atoms with Crippen molar-refractivity contribution >= 4 is 23.4 Å². The molecule has 2 fully saturated rings. The van der Waals surface area contributed by atoms with E-state index in [9.17, 15) is 19.5 Å². The number of rotatable bonds is 6. The van der Waals surface area contributed by atoms with Crippen molar-refractivity contribution in [3.05, 3.63) is 58.2 Å². The number of methoxy groups -OCH3 is 1. The van der Waals surface area contributed by atoms with Gasteiger partial charge in [-0.15, -0.1) is 0 Å². The van der Waals surface area contributed by atoms with Crippen LogP contribution in [0.2, 0.25) is 0 Å². The second kappa shape index (κ2) is 9.78. The number of morpholine rings is 1. The van der Waals surface area contributed by atoms with Gasteiger partial charge in [-0.3, -0.25) is 14.6 Å². The van der Waals surface area contributed by atoms with Crippen LogP contribution in [0.15, 0.2) is 30.1 Å². The Morgan fingerprint density at radius 2 is 1.94 bits per heavy atom. The first-order valence-electron chi connectivity index (χ1n) is 11.2. The highest BCUT2D eigenvalue weighted by atomic mass is 16.5. The molecule has 0 bridgehead atoms. The van der Waals surface area contributed by atoms with Crippen LogP contribution < -0.4 is 10.0 Å². The second-order valence-corrected chi connectivity index (χ2v) is 8.48. The average Bonchev–Trinajstić information content (AvgIpc) is 3.30. The fourth-order valence-electron chi connectivity index (χ4n) is 4.71. The lowest BCUT2D eigenvalue weighted by atomic mass is 9.94. The van der Waals surface area contributed by atoms with E-state index >= 15 is 0 Å². The number of ketones is 1. The Morgan fingerprint density at radius 1 is 1.26 bits per heavy atom. The van der Waals surface area contributed by atoms with Gasteiger partial charge >= 0.3 is 5.97 Å². The van der Waals surface area contributed by atoms with Crippen molar-refractivity contribution in [3.63, 3.8) is 0 Å². The lowest BCUT2D eigenvalue weighted by Crippen LogP contribution is -3.14. The average molecular weight is 469 g/mol. The largest absolute Gasteiger partial charge is 0.872 e. The van der Waals surface area contributed by atoms with E-state index in [4.69, 9.17) is 9.47 Å². The molecule has 10 heteroatoms. The molecular formula is C24H28N4O6. The zero-order chi connectivity index (χ0) is 24.4. The number of ether oxygens (including phenoxy) is 2. The number of aromatic nitrogens is 2. The van der Waals surface area contributed by atoms with E-state index in [-0.39, 0.29) is 16.8 Å². The fourth-order valence-corrected chi connectivity index (χ4v) is 4.71. The molecule has 34 heavy (non-hydrogen) atoms. The summed E-state index contributed by atoms with van der Waals surface area (Å²) < 4.78 is 10.2. The number of nitrogens with one attached hydrogen (secondary N) is 2. The number of H-pyrrole nitrogens is 1. The van der Waals surface area contributed by atoms with Crippen molar-refractivity contribution in [2.24, 2.45) is 0 Å². The Hall–Kier alpha value is -3.50. The number of quaternary nitrogens is 1. The van der Waals surface area contributed by atoms with Crippen molar-refractivity contribution < 1.29 is 33.9 Å². The molecule has 0 radical (unpaired) electrons. The van der Waals surface area contributed by atoms with Crippen LogP contribution in [0.4, 0.5) is 0 Å². The fraction of sp³-hybridized carbons (Fsp3) is 0.417. The maximum atomic E-state index is 13.8. The summed E-state index contributed by atoms with van der Waals surface area (Å²) in [6.07, 6.45) is 3.14. The molecule has 2 aliphatic heterocycles. The summed E-state index contributed by atoms with van der Waals surface area (Å²) in [5.74, 6) is -2.69. The third-order valence-corrected chi connectivity index (χ3v) is 6.51. The number of hydrogen-bond donors (Lipinski definition) is 2. The van der Waals surface area contributed by atoms with Crippen LogP contribution >= 0.6 is 0 Å². The molecule has 4 heterocycles. The second-order valence-electron chi connectivity index (χ2n) is 8.48. The monoisotopic (exact) mass is 468 g/mol. The van der Waals surface area contributed by atoms with Gasteiger partial charge in [0.25, 0.3) is 5.91 Å². The van der Waals surface area contributed by atoms with Gasteiger partial charge in [0.2, 0.25) is 5.78 Å². The zero-order valence-corrected chi connectivity index (χ0v) is 19.5. The van der Waals surface area contributed by atoms with Crippen molar-refractivity contribution in [2.45, 2.75) is 19.9 Å². The normalized spacial score (nSPS) is 20.7. The van der Waals surface area contributed by atoms with Crippen molar-refractivity contribution in [1.29, 1.82) is 0 Å². The maximum Gasteiger partial charge on any atom is 0.354 e. The van der Waals surface area contributed by atoms with Gasteiger partial charge in [-0.1, -0.05) is 5.76 Å². The smallest absolute Gasteiger partial charge is 0.354 e. The van der Waals surface area contributed by atoms with Gasteiger partial charge in [0.15, 0.2) is 0 Å². The number of esters is 1. The first kappa shape index (κ1) is 23.7. The highest BCUT2D eigenvalue weighted by Crippen LogP contribution is 2.39. The molecule has 0 saturated carbocycles. The van der Waals surface area contributed by atoms with Gasteiger partial charge in [0.1, 0.15) is 18.8 Å². The molecule has 1 unspecified atom stereocenters. The molecular weight excluding hydrogens is 440 g/mol. The lowest BCUT2D eigenvalue weighted by Gasteiger charge is -2.30. The van der Waals surface area contributed by atoms with E-state index in [1.165, 1.54) is 16.9 Å². The predicted molar refractivity (Wildman–Crippen MR) is 119 cm³/mol. The molecule has 1 amide bonds. The van der Waals surface area contributed by atoms with E-state index in [1.54, 1.807) is 38.4 Å². The molecule has 2 saturated heterocycles. The van der Waals surface area contributed by atoms with Crippen LogP contribution in [-0.4, -0.2) is 79.0 Å². The molecule has 2 aromatic rings. The zero-order valence-electron chi connectivity index (χ0n) is 19.5. The van der Waals surface area contributed by atoms with E-state index in [2.05, 4.69) is 9.97 Å². The summed E-state index contributed by atoms with van der Waals surface area (Å²) in [7, 11) is 1.25. The Morgan fingerprint density at radius 3 is 2.59 bits per heavy atom. The molecule has 2 N–H and O–H groups in total. The molecule has 2 aliphatic rings. The minimum absolute atomic E-state index is 0.116. The highest BCUT2D eigenvalue weighted by Gasteiger charge is 2.44. The number of carbonyl (C=O) groups excluding carboxylic acids is 3. The van der Waals surface area contributed by atoms with E-state index in [0.717, 1.165) is 13.1 Å². The molecule has 0 aliphatic carbocycles. The van der Waals surface area contributed by atoms with E-state index in [0.29, 0.717) is 43.1 Å². The van der Waals surface area contributed by atoms with E-state index in [1.807, 2.05) is 0 Å². The highest BCUT2D eigenvalue weighted by molar-refractivity contribution is 6.46. The number of amides is 1. The number of hydrogen-bond acceptors (Lipinski definition) is 7. The first-order chi connectivity index (χ1) is 16.3. The topological polar surface area (TPSA) is 129 Å². The minimum atomic E-state index is -0.828. The predicted octanol–water partition coefficient (Wildman–Crippen LogP) is -1.05. The number of carbonyl (C=O) groups is 3. The third-order valence-electron chi connectivity index (χ3n) is 6.51. The van der Waals surface area contributed by atoms with Gasteiger partial charge in [-0.05, 0) is 42.7 Å². The number of aromatic amines is 1. The molecule has 10 nitrogen and oxygen atoms in total. The quantitative estimate of drug-likeness (QED) is 0.240. The van der Waals surface area contributed by atoms with Crippen LogP contribution in [0, 0.1) is 13.8 Å². The number of nitrogens with zero attached hydrogens (tertiary/aromatic N) is 2. The SMILES string of the molecule is COC(=O)c1[nH]c(C)c(C([O-])=C2C(=O)C(=O)N(CC[NH+]3CCOCC3)C2c2ccncc2)c1C. The molecule has 1 atom stereocenters. The number of Topliss-reactive ketones (excluding diaryl/α,β-unsaturated/α-hetero) is 1. The molecule has 0 spiro atoms. The first-order valence-corrected chi connectivity index (χ1v) is 11.2. The summed E-state index contributed by atoms with van der Waals surface area (Å²) >= 11 is 0. The van der Waals surface area contributed by atoms with Gasteiger partial charge < -0.3 is 29.4 Å². The molecule has 0 aromatic carbocycles. The van der Waals surface area contributed by atoms with Gasteiger partial charge in [-0.2, -0.15) is 0 Å². The Kier molecular flexibility index (Phi) is 6.80. The molecule has 2 aromatic heterocycles. The van der Waals surface area contributed by atoms with Crippen LogP contribution in [0.5, 0.6) is 0 Å². The van der Waals surface area contributed by atoms with Gasteiger partial charge in [-0.25, -0.2) is 4.79 Å².